The summed E-state index contributed by atoms with van der Waals surface area (Å²) in [5.74, 6) is -1.20. The number of amides is 1. The van der Waals surface area contributed by atoms with E-state index in [-0.39, 0.29) is 17.8 Å². The lowest BCUT2D eigenvalue weighted by Crippen LogP contribution is -2.38. The molecule has 1 heterocycles. The number of halogens is 1. The van der Waals surface area contributed by atoms with Crippen LogP contribution in [0.2, 0.25) is 0 Å². The van der Waals surface area contributed by atoms with Gasteiger partial charge in [0.15, 0.2) is 6.10 Å². The molecule has 1 unspecified atom stereocenters. The molecule has 0 fully saturated rings. The van der Waals surface area contributed by atoms with Crippen LogP contribution in [0.3, 0.4) is 0 Å². The highest BCUT2D eigenvalue weighted by molar-refractivity contribution is 9.10. The molecule has 0 aliphatic carbocycles. The predicted octanol–water partition coefficient (Wildman–Crippen LogP) is 3.08. The molecule has 0 aromatic heterocycles. The van der Waals surface area contributed by atoms with Gasteiger partial charge in [-0.3, -0.25) is 14.9 Å². The van der Waals surface area contributed by atoms with Crippen molar-refractivity contribution in [3.05, 3.63) is 68.2 Å². The van der Waals surface area contributed by atoms with Crippen LogP contribution in [0.1, 0.15) is 15.9 Å². The SMILES string of the molecule is O=C1OC(C(=O)Nc2ccccc2[N+](=O)[O-])Cc2cc(Br)ccc21. The predicted molar refractivity (Wildman–Crippen MR) is 88.8 cm³/mol. The first-order valence-electron chi connectivity index (χ1n) is 6.99. The van der Waals surface area contributed by atoms with Crippen molar-refractivity contribution in [3.63, 3.8) is 0 Å². The van der Waals surface area contributed by atoms with Crippen LogP contribution in [0, 0.1) is 10.1 Å². The molecule has 2 aromatic carbocycles. The molecule has 1 N–H and O–H groups in total. The molecule has 3 rings (SSSR count). The number of nitro groups is 1. The third-order valence-corrected chi connectivity index (χ3v) is 4.09. The molecule has 0 radical (unpaired) electrons. The molecular weight excluding hydrogens is 380 g/mol. The Kier molecular flexibility index (Phi) is 4.30. The highest BCUT2D eigenvalue weighted by Gasteiger charge is 2.32. The zero-order chi connectivity index (χ0) is 17.3. The summed E-state index contributed by atoms with van der Waals surface area (Å²) < 4.78 is 5.94. The number of benzene rings is 2. The number of anilines is 1. The Labute approximate surface area is 144 Å². The van der Waals surface area contributed by atoms with Gasteiger partial charge in [0, 0.05) is 17.0 Å². The number of fused-ring (bicyclic) bond motifs is 1. The highest BCUT2D eigenvalue weighted by atomic mass is 79.9. The fourth-order valence-electron chi connectivity index (χ4n) is 2.46. The van der Waals surface area contributed by atoms with Crippen LogP contribution in [-0.4, -0.2) is 22.9 Å². The third-order valence-electron chi connectivity index (χ3n) is 3.59. The Morgan fingerprint density at radius 2 is 2.04 bits per heavy atom. The summed E-state index contributed by atoms with van der Waals surface area (Å²) >= 11 is 3.32. The molecule has 1 atom stereocenters. The van der Waals surface area contributed by atoms with Crippen LogP contribution in [0.5, 0.6) is 0 Å². The third kappa shape index (κ3) is 3.13. The number of ether oxygens (including phenoxy) is 1. The maximum absolute atomic E-state index is 12.4. The number of para-hydroxylation sites is 2. The number of carbonyl (C=O) groups is 2. The van der Waals surface area contributed by atoms with Crippen molar-refractivity contribution in [2.45, 2.75) is 12.5 Å². The number of esters is 1. The summed E-state index contributed by atoms with van der Waals surface area (Å²) in [5, 5.41) is 13.5. The molecule has 24 heavy (non-hydrogen) atoms. The first-order chi connectivity index (χ1) is 11.5. The van der Waals surface area contributed by atoms with Gasteiger partial charge in [0.2, 0.25) is 0 Å². The van der Waals surface area contributed by atoms with Gasteiger partial charge in [0.1, 0.15) is 5.69 Å². The van der Waals surface area contributed by atoms with E-state index in [1.165, 1.54) is 18.2 Å². The normalized spacial score (nSPS) is 16.0. The molecular formula is C16H11BrN2O5. The minimum Gasteiger partial charge on any atom is -0.448 e. The molecule has 1 amide bonds. The maximum atomic E-state index is 12.4. The lowest BCUT2D eigenvalue weighted by Gasteiger charge is -2.24. The van der Waals surface area contributed by atoms with E-state index in [0.717, 1.165) is 4.47 Å². The Morgan fingerprint density at radius 3 is 2.79 bits per heavy atom. The summed E-state index contributed by atoms with van der Waals surface area (Å²) in [4.78, 5) is 34.8. The lowest BCUT2D eigenvalue weighted by atomic mass is 9.98. The van der Waals surface area contributed by atoms with E-state index >= 15 is 0 Å². The molecule has 2 aromatic rings. The molecule has 8 heteroatoms. The van der Waals surface area contributed by atoms with Gasteiger partial charge < -0.3 is 10.1 Å². The van der Waals surface area contributed by atoms with Crippen LogP contribution < -0.4 is 5.32 Å². The second kappa shape index (κ2) is 6.40. The second-order valence-corrected chi connectivity index (χ2v) is 6.08. The molecule has 1 aliphatic rings. The molecule has 0 saturated heterocycles. The van der Waals surface area contributed by atoms with Crippen molar-refractivity contribution in [2.75, 3.05) is 5.32 Å². The van der Waals surface area contributed by atoms with Crippen LogP contribution in [-0.2, 0) is 16.0 Å². The van der Waals surface area contributed by atoms with Gasteiger partial charge >= 0.3 is 5.97 Å². The van der Waals surface area contributed by atoms with E-state index in [1.807, 2.05) is 0 Å². The number of nitrogens with zero attached hydrogens (tertiary/aromatic N) is 1. The van der Waals surface area contributed by atoms with Crippen molar-refractivity contribution in [1.82, 2.24) is 0 Å². The van der Waals surface area contributed by atoms with Crippen LogP contribution >= 0.6 is 15.9 Å². The van der Waals surface area contributed by atoms with E-state index < -0.39 is 22.9 Å². The number of hydrogen-bond acceptors (Lipinski definition) is 5. The average Bonchev–Trinajstić information content (AvgIpc) is 2.54. The Morgan fingerprint density at radius 1 is 1.29 bits per heavy atom. The first kappa shape index (κ1) is 16.1. The smallest absolute Gasteiger partial charge is 0.339 e. The van der Waals surface area contributed by atoms with Gasteiger partial charge in [-0.1, -0.05) is 28.1 Å². The number of hydrogen-bond donors (Lipinski definition) is 1. The van der Waals surface area contributed by atoms with Gasteiger partial charge in [-0.05, 0) is 29.8 Å². The van der Waals surface area contributed by atoms with Gasteiger partial charge in [0.05, 0.1) is 10.5 Å². The van der Waals surface area contributed by atoms with Crippen LogP contribution in [0.4, 0.5) is 11.4 Å². The summed E-state index contributed by atoms with van der Waals surface area (Å²) in [6.07, 6.45) is -0.841. The number of rotatable bonds is 3. The van der Waals surface area contributed by atoms with Crippen molar-refractivity contribution in [1.29, 1.82) is 0 Å². The number of nitro benzene ring substituents is 1. The molecule has 1 aliphatic heterocycles. The zero-order valence-corrected chi connectivity index (χ0v) is 13.8. The standard InChI is InChI=1S/C16H11BrN2O5/c17-10-5-6-11-9(7-10)8-14(24-16(11)21)15(20)18-12-3-1-2-4-13(12)19(22)23/h1-7,14H,8H2,(H,18,20). The van der Waals surface area contributed by atoms with Crippen molar-refractivity contribution >= 4 is 39.2 Å². The number of carbonyl (C=O) groups excluding carboxylic acids is 2. The zero-order valence-electron chi connectivity index (χ0n) is 12.2. The molecule has 0 saturated carbocycles. The number of nitrogens with one attached hydrogen (secondary N) is 1. The van der Waals surface area contributed by atoms with Crippen LogP contribution in [0.15, 0.2) is 46.9 Å². The van der Waals surface area contributed by atoms with Crippen LogP contribution in [0.25, 0.3) is 0 Å². The van der Waals surface area contributed by atoms with E-state index in [0.29, 0.717) is 11.1 Å². The molecule has 0 bridgehead atoms. The summed E-state index contributed by atoms with van der Waals surface area (Å²) in [6, 6.07) is 10.9. The molecule has 0 spiro atoms. The quantitative estimate of drug-likeness (QED) is 0.493. The Hall–Kier alpha value is -2.74. The molecule has 7 nitrogen and oxygen atoms in total. The second-order valence-electron chi connectivity index (χ2n) is 5.16. The topological polar surface area (TPSA) is 98.5 Å². The summed E-state index contributed by atoms with van der Waals surface area (Å²) in [6.45, 7) is 0. The van der Waals surface area contributed by atoms with Gasteiger partial charge in [-0.2, -0.15) is 0 Å². The minimum absolute atomic E-state index is 0.0589. The lowest BCUT2D eigenvalue weighted by molar-refractivity contribution is -0.383. The maximum Gasteiger partial charge on any atom is 0.339 e. The minimum atomic E-state index is -1.04. The van der Waals surface area contributed by atoms with Crippen molar-refractivity contribution in [2.24, 2.45) is 0 Å². The largest absolute Gasteiger partial charge is 0.448 e. The monoisotopic (exact) mass is 390 g/mol. The average molecular weight is 391 g/mol. The first-order valence-corrected chi connectivity index (χ1v) is 7.78. The van der Waals surface area contributed by atoms with Gasteiger partial charge in [-0.25, -0.2) is 4.79 Å². The van der Waals surface area contributed by atoms with Gasteiger partial charge in [0.25, 0.3) is 11.6 Å². The fourth-order valence-corrected chi connectivity index (χ4v) is 2.87. The summed E-state index contributed by atoms with van der Waals surface area (Å²) in [7, 11) is 0. The van der Waals surface area contributed by atoms with Gasteiger partial charge in [-0.15, -0.1) is 0 Å². The van der Waals surface area contributed by atoms with E-state index in [1.54, 1.807) is 24.3 Å². The van der Waals surface area contributed by atoms with E-state index in [2.05, 4.69) is 21.2 Å². The Balaban J connectivity index is 1.82. The van der Waals surface area contributed by atoms with Crippen molar-refractivity contribution in [3.8, 4) is 0 Å². The fraction of sp³-hybridized carbons (Fsp3) is 0.125. The highest BCUT2D eigenvalue weighted by Crippen LogP contribution is 2.27. The Bertz CT molecular complexity index is 852. The molecule has 122 valence electrons. The summed E-state index contributed by atoms with van der Waals surface area (Å²) in [5.41, 5.74) is 0.927. The van der Waals surface area contributed by atoms with Crippen molar-refractivity contribution < 1.29 is 19.2 Å². The number of cyclic esters (lactones) is 1. The van der Waals surface area contributed by atoms with E-state index in [9.17, 15) is 19.7 Å². The van der Waals surface area contributed by atoms with E-state index in [4.69, 9.17) is 4.74 Å².